The average molecular weight is 151 g/mol. The van der Waals surface area contributed by atoms with Crippen molar-refractivity contribution in [3.8, 4) is 6.07 Å². The predicted octanol–water partition coefficient (Wildman–Crippen LogP) is 0.134. The molecule has 58 valence electrons. The zero-order valence-electron chi connectivity index (χ0n) is 6.28. The molecule has 0 fully saturated rings. The van der Waals surface area contributed by atoms with Gasteiger partial charge in [0, 0.05) is 6.21 Å². The molecule has 0 aromatic carbocycles. The van der Waals surface area contributed by atoms with E-state index < -0.39 is 5.66 Å². The molecule has 1 aliphatic rings. The molecular formula is C7H9N3O. The molecule has 1 unspecified atom stereocenters. The Labute approximate surface area is 64.9 Å². The van der Waals surface area contributed by atoms with E-state index in [0.717, 1.165) is 12.1 Å². The molecule has 0 spiro atoms. The van der Waals surface area contributed by atoms with E-state index in [4.69, 9.17) is 10.4 Å². The molecule has 1 N–H and O–H groups in total. The molecule has 0 aromatic rings. The summed E-state index contributed by atoms with van der Waals surface area (Å²) >= 11 is 0. The molecular weight excluding hydrogens is 142 g/mol. The standard InChI is InChI=1S/C7H9N3O/c1-2-6-3-9-7(4-8,5-11)10-6/h3,11H,2,5H2,1H3. The molecule has 0 radical (unpaired) electrons. The van der Waals surface area contributed by atoms with Crippen molar-refractivity contribution < 1.29 is 5.11 Å². The maximum atomic E-state index is 8.79. The molecule has 0 saturated carbocycles. The van der Waals surface area contributed by atoms with Gasteiger partial charge in [-0.3, -0.25) is 0 Å². The van der Waals surface area contributed by atoms with Crippen LogP contribution in [0.25, 0.3) is 0 Å². The van der Waals surface area contributed by atoms with Gasteiger partial charge in [-0.25, -0.2) is 9.98 Å². The fourth-order valence-corrected chi connectivity index (χ4v) is 0.812. The van der Waals surface area contributed by atoms with Gasteiger partial charge in [-0.1, -0.05) is 6.92 Å². The summed E-state index contributed by atoms with van der Waals surface area (Å²) < 4.78 is 0. The summed E-state index contributed by atoms with van der Waals surface area (Å²) in [5, 5.41) is 17.4. The molecule has 0 aromatic heterocycles. The molecule has 1 rings (SSSR count). The normalized spacial score (nSPS) is 28.3. The van der Waals surface area contributed by atoms with Crippen molar-refractivity contribution in [3.05, 3.63) is 0 Å². The van der Waals surface area contributed by atoms with E-state index >= 15 is 0 Å². The van der Waals surface area contributed by atoms with Gasteiger partial charge in [-0.2, -0.15) is 5.26 Å². The van der Waals surface area contributed by atoms with Crippen molar-refractivity contribution in [2.45, 2.75) is 19.0 Å². The Hall–Kier alpha value is -1.21. The number of rotatable bonds is 2. The molecule has 4 nitrogen and oxygen atoms in total. The van der Waals surface area contributed by atoms with Gasteiger partial charge in [0.15, 0.2) is 0 Å². The van der Waals surface area contributed by atoms with E-state index in [1.807, 2.05) is 13.0 Å². The first-order chi connectivity index (χ1) is 5.26. The van der Waals surface area contributed by atoms with Crippen molar-refractivity contribution in [1.82, 2.24) is 0 Å². The molecule has 4 heteroatoms. The highest BCUT2D eigenvalue weighted by Crippen LogP contribution is 2.16. The van der Waals surface area contributed by atoms with Crippen molar-refractivity contribution in [2.24, 2.45) is 9.98 Å². The maximum absolute atomic E-state index is 8.79. The maximum Gasteiger partial charge on any atom is 0.260 e. The van der Waals surface area contributed by atoms with Crippen molar-refractivity contribution in [1.29, 1.82) is 5.26 Å². The van der Waals surface area contributed by atoms with Gasteiger partial charge in [0.1, 0.15) is 12.7 Å². The van der Waals surface area contributed by atoms with E-state index in [2.05, 4.69) is 9.98 Å². The van der Waals surface area contributed by atoms with E-state index in [0.29, 0.717) is 0 Å². The zero-order valence-corrected chi connectivity index (χ0v) is 6.28. The summed E-state index contributed by atoms with van der Waals surface area (Å²) in [6.07, 6.45) is 2.28. The minimum absolute atomic E-state index is 0.344. The summed E-state index contributed by atoms with van der Waals surface area (Å²) in [5.74, 6) is 0. The lowest BCUT2D eigenvalue weighted by Gasteiger charge is -2.08. The van der Waals surface area contributed by atoms with Crippen LogP contribution >= 0.6 is 0 Å². The summed E-state index contributed by atoms with van der Waals surface area (Å²) in [6.45, 7) is 1.58. The summed E-state index contributed by atoms with van der Waals surface area (Å²) in [7, 11) is 0. The third-order valence-electron chi connectivity index (χ3n) is 1.52. The molecule has 1 heterocycles. The molecule has 0 aliphatic carbocycles. The quantitative estimate of drug-likeness (QED) is 0.609. The minimum atomic E-state index is -1.23. The molecule has 0 amide bonds. The topological polar surface area (TPSA) is 68.7 Å². The lowest BCUT2D eigenvalue weighted by atomic mass is 10.2. The van der Waals surface area contributed by atoms with Crippen LogP contribution in [0.2, 0.25) is 0 Å². The highest BCUT2D eigenvalue weighted by atomic mass is 16.3. The number of aliphatic hydroxyl groups is 1. The zero-order chi connectivity index (χ0) is 8.32. The number of hydrogen-bond donors (Lipinski definition) is 1. The van der Waals surface area contributed by atoms with Crippen LogP contribution in [-0.2, 0) is 0 Å². The van der Waals surface area contributed by atoms with Gasteiger partial charge in [0.2, 0.25) is 0 Å². The van der Waals surface area contributed by atoms with Crippen LogP contribution in [-0.4, -0.2) is 29.3 Å². The Balaban J connectivity index is 2.88. The summed E-state index contributed by atoms with van der Waals surface area (Å²) in [4.78, 5) is 7.77. The Morgan fingerprint density at radius 1 is 1.82 bits per heavy atom. The Morgan fingerprint density at radius 3 is 2.82 bits per heavy atom. The Morgan fingerprint density at radius 2 is 2.55 bits per heavy atom. The van der Waals surface area contributed by atoms with Crippen LogP contribution < -0.4 is 0 Å². The third kappa shape index (κ3) is 1.28. The summed E-state index contributed by atoms with van der Waals surface area (Å²) in [6, 6.07) is 1.86. The van der Waals surface area contributed by atoms with Crippen LogP contribution in [0.15, 0.2) is 9.98 Å². The predicted molar refractivity (Wildman–Crippen MR) is 41.6 cm³/mol. The first-order valence-corrected chi connectivity index (χ1v) is 3.42. The van der Waals surface area contributed by atoms with Gasteiger partial charge in [-0.15, -0.1) is 0 Å². The van der Waals surface area contributed by atoms with E-state index in [1.165, 1.54) is 0 Å². The molecule has 11 heavy (non-hydrogen) atoms. The molecule has 1 atom stereocenters. The number of aliphatic hydroxyl groups excluding tert-OH is 1. The molecule has 1 aliphatic heterocycles. The first kappa shape index (κ1) is 7.89. The van der Waals surface area contributed by atoms with Gasteiger partial charge in [-0.05, 0) is 6.42 Å². The number of nitriles is 1. The van der Waals surface area contributed by atoms with Gasteiger partial charge in [0.05, 0.1) is 5.71 Å². The highest BCUT2D eigenvalue weighted by Gasteiger charge is 2.30. The van der Waals surface area contributed by atoms with Crippen molar-refractivity contribution in [3.63, 3.8) is 0 Å². The van der Waals surface area contributed by atoms with E-state index in [1.54, 1.807) is 6.21 Å². The summed E-state index contributed by atoms with van der Waals surface area (Å²) in [5.41, 5.74) is -0.466. The van der Waals surface area contributed by atoms with Crippen LogP contribution in [0.1, 0.15) is 13.3 Å². The van der Waals surface area contributed by atoms with Crippen molar-refractivity contribution >= 4 is 11.9 Å². The van der Waals surface area contributed by atoms with Crippen LogP contribution in [0.4, 0.5) is 0 Å². The van der Waals surface area contributed by atoms with Gasteiger partial charge >= 0.3 is 0 Å². The lowest BCUT2D eigenvalue weighted by Crippen LogP contribution is -2.24. The Kier molecular flexibility index (Phi) is 2.01. The smallest absolute Gasteiger partial charge is 0.260 e. The second-order valence-electron chi connectivity index (χ2n) is 2.30. The van der Waals surface area contributed by atoms with E-state index in [-0.39, 0.29) is 6.61 Å². The van der Waals surface area contributed by atoms with Crippen LogP contribution in [0.5, 0.6) is 0 Å². The lowest BCUT2D eigenvalue weighted by molar-refractivity contribution is 0.240. The van der Waals surface area contributed by atoms with Gasteiger partial charge in [0.25, 0.3) is 5.66 Å². The first-order valence-electron chi connectivity index (χ1n) is 3.42. The fraction of sp³-hybridized carbons (Fsp3) is 0.571. The average Bonchev–Trinajstić information content (AvgIpc) is 2.49. The third-order valence-corrected chi connectivity index (χ3v) is 1.52. The van der Waals surface area contributed by atoms with Crippen LogP contribution in [0.3, 0.4) is 0 Å². The SMILES string of the molecule is CCC1=NC(C#N)(CO)N=C1. The minimum Gasteiger partial charge on any atom is -0.391 e. The molecule has 0 saturated heterocycles. The van der Waals surface area contributed by atoms with Crippen molar-refractivity contribution in [2.75, 3.05) is 6.61 Å². The monoisotopic (exact) mass is 151 g/mol. The van der Waals surface area contributed by atoms with E-state index in [9.17, 15) is 0 Å². The largest absolute Gasteiger partial charge is 0.391 e. The Bertz CT molecular complexity index is 251. The number of hydrogen-bond acceptors (Lipinski definition) is 4. The second-order valence-corrected chi connectivity index (χ2v) is 2.30. The number of aliphatic imine (C=N–C) groups is 2. The van der Waals surface area contributed by atoms with Gasteiger partial charge < -0.3 is 5.11 Å². The molecule has 0 bridgehead atoms. The van der Waals surface area contributed by atoms with Crippen LogP contribution in [0, 0.1) is 11.3 Å². The number of nitrogens with zero attached hydrogens (tertiary/aromatic N) is 3. The second kappa shape index (κ2) is 2.81. The highest BCUT2D eigenvalue weighted by molar-refractivity contribution is 6.32. The fourth-order valence-electron chi connectivity index (χ4n) is 0.812.